The van der Waals surface area contributed by atoms with E-state index in [1.54, 1.807) is 0 Å². The Morgan fingerprint density at radius 3 is 2.71 bits per heavy atom. The molecule has 2 heterocycles. The van der Waals surface area contributed by atoms with Crippen LogP contribution in [0.4, 0.5) is 0 Å². The predicted molar refractivity (Wildman–Crippen MR) is 62.9 cm³/mol. The fourth-order valence-corrected chi connectivity index (χ4v) is 1.80. The van der Waals surface area contributed by atoms with Gasteiger partial charge in [0.1, 0.15) is 11.5 Å². The van der Waals surface area contributed by atoms with Crippen LogP contribution >= 0.6 is 0 Å². The van der Waals surface area contributed by atoms with E-state index in [1.165, 1.54) is 0 Å². The summed E-state index contributed by atoms with van der Waals surface area (Å²) in [6, 6.07) is 9.44. The molecule has 0 radical (unpaired) electrons. The zero-order valence-corrected chi connectivity index (χ0v) is 9.47. The Labute approximate surface area is 98.9 Å². The molecule has 4 heteroatoms. The molecule has 0 aliphatic carbocycles. The van der Waals surface area contributed by atoms with E-state index in [0.717, 1.165) is 28.6 Å². The van der Waals surface area contributed by atoms with Crippen molar-refractivity contribution in [3.63, 3.8) is 0 Å². The minimum Gasteiger partial charge on any atom is -0.459 e. The highest BCUT2D eigenvalue weighted by Crippen LogP contribution is 2.36. The first kappa shape index (κ1) is 10.2. The molecule has 2 aromatic rings. The molecular formula is C13H13NO3. The lowest BCUT2D eigenvalue weighted by Gasteiger charge is -2.01. The molecule has 1 unspecified atom stereocenters. The van der Waals surface area contributed by atoms with Gasteiger partial charge in [-0.1, -0.05) is 0 Å². The average molecular weight is 231 g/mol. The largest absolute Gasteiger partial charge is 0.459 e. The Bertz CT molecular complexity index is 545. The van der Waals surface area contributed by atoms with E-state index in [2.05, 4.69) is 0 Å². The molecule has 2 N–H and O–H groups in total. The van der Waals surface area contributed by atoms with Crippen molar-refractivity contribution in [3.8, 4) is 22.8 Å². The van der Waals surface area contributed by atoms with E-state index in [-0.39, 0.29) is 12.8 Å². The van der Waals surface area contributed by atoms with E-state index in [1.807, 2.05) is 37.3 Å². The normalized spacial score (nSPS) is 14.9. The maximum Gasteiger partial charge on any atom is 0.231 e. The van der Waals surface area contributed by atoms with Gasteiger partial charge in [-0.05, 0) is 37.3 Å². The van der Waals surface area contributed by atoms with Gasteiger partial charge in [-0.3, -0.25) is 0 Å². The molecule has 0 bridgehead atoms. The maximum atomic E-state index is 5.76. The fourth-order valence-electron chi connectivity index (χ4n) is 1.80. The van der Waals surface area contributed by atoms with Crippen molar-refractivity contribution >= 4 is 0 Å². The second kappa shape index (κ2) is 3.82. The summed E-state index contributed by atoms with van der Waals surface area (Å²) in [4.78, 5) is 0. The number of hydrogen-bond donors (Lipinski definition) is 1. The summed E-state index contributed by atoms with van der Waals surface area (Å²) >= 11 is 0. The third-order valence-electron chi connectivity index (χ3n) is 2.73. The van der Waals surface area contributed by atoms with Gasteiger partial charge < -0.3 is 19.6 Å². The van der Waals surface area contributed by atoms with Crippen LogP contribution < -0.4 is 15.2 Å². The lowest BCUT2D eigenvalue weighted by molar-refractivity contribution is 0.174. The first-order valence-corrected chi connectivity index (χ1v) is 5.49. The smallest absolute Gasteiger partial charge is 0.231 e. The van der Waals surface area contributed by atoms with Gasteiger partial charge in [0.15, 0.2) is 11.5 Å². The van der Waals surface area contributed by atoms with E-state index >= 15 is 0 Å². The molecule has 1 aliphatic heterocycles. The number of ether oxygens (including phenoxy) is 2. The van der Waals surface area contributed by atoms with Crippen LogP contribution in [0.15, 0.2) is 34.7 Å². The molecule has 17 heavy (non-hydrogen) atoms. The first-order valence-electron chi connectivity index (χ1n) is 5.49. The Balaban J connectivity index is 1.97. The van der Waals surface area contributed by atoms with Crippen molar-refractivity contribution in [1.29, 1.82) is 0 Å². The number of furan rings is 1. The van der Waals surface area contributed by atoms with Crippen LogP contribution in [0.1, 0.15) is 18.7 Å². The third-order valence-corrected chi connectivity index (χ3v) is 2.73. The number of benzene rings is 1. The summed E-state index contributed by atoms with van der Waals surface area (Å²) < 4.78 is 16.3. The summed E-state index contributed by atoms with van der Waals surface area (Å²) in [5.74, 6) is 3.09. The standard InChI is InChI=1S/C13H13NO3/c1-8(14)10-4-5-11(17-10)9-2-3-12-13(6-9)16-7-15-12/h2-6,8H,7,14H2,1H3. The van der Waals surface area contributed by atoms with Crippen molar-refractivity contribution in [1.82, 2.24) is 0 Å². The second-order valence-corrected chi connectivity index (χ2v) is 4.06. The number of fused-ring (bicyclic) bond motifs is 1. The zero-order valence-electron chi connectivity index (χ0n) is 9.47. The maximum absolute atomic E-state index is 5.76. The van der Waals surface area contributed by atoms with E-state index in [0.29, 0.717) is 0 Å². The Hall–Kier alpha value is -1.94. The van der Waals surface area contributed by atoms with Crippen LogP contribution in [0.3, 0.4) is 0 Å². The Morgan fingerprint density at radius 1 is 1.12 bits per heavy atom. The van der Waals surface area contributed by atoms with Crippen molar-refractivity contribution in [2.45, 2.75) is 13.0 Å². The SMILES string of the molecule is CC(N)c1ccc(-c2ccc3c(c2)OCO3)o1. The van der Waals surface area contributed by atoms with Crippen molar-refractivity contribution in [3.05, 3.63) is 36.1 Å². The minimum absolute atomic E-state index is 0.0993. The Morgan fingerprint density at radius 2 is 1.94 bits per heavy atom. The van der Waals surface area contributed by atoms with Crippen LogP contribution in [-0.2, 0) is 0 Å². The van der Waals surface area contributed by atoms with Crippen molar-refractivity contribution in [2.24, 2.45) is 5.73 Å². The molecule has 0 spiro atoms. The summed E-state index contributed by atoms with van der Waals surface area (Å²) in [5.41, 5.74) is 6.72. The predicted octanol–water partition coefficient (Wildman–Crippen LogP) is 2.70. The molecular weight excluding hydrogens is 218 g/mol. The van der Waals surface area contributed by atoms with Crippen LogP contribution in [0, 0.1) is 0 Å². The summed E-state index contributed by atoms with van der Waals surface area (Å²) in [6.45, 7) is 2.17. The monoisotopic (exact) mass is 231 g/mol. The molecule has 1 aromatic heterocycles. The number of rotatable bonds is 2. The molecule has 0 amide bonds. The van der Waals surface area contributed by atoms with Gasteiger partial charge in [0.2, 0.25) is 6.79 Å². The molecule has 1 atom stereocenters. The van der Waals surface area contributed by atoms with Gasteiger partial charge in [0.25, 0.3) is 0 Å². The number of nitrogens with two attached hydrogens (primary N) is 1. The highest BCUT2D eigenvalue weighted by atomic mass is 16.7. The van der Waals surface area contributed by atoms with Gasteiger partial charge in [0, 0.05) is 5.56 Å². The van der Waals surface area contributed by atoms with Crippen molar-refractivity contribution < 1.29 is 13.9 Å². The van der Waals surface area contributed by atoms with E-state index < -0.39 is 0 Å². The molecule has 0 saturated heterocycles. The van der Waals surface area contributed by atoms with Crippen LogP contribution in [0.5, 0.6) is 11.5 Å². The third kappa shape index (κ3) is 1.76. The highest BCUT2D eigenvalue weighted by Gasteiger charge is 2.15. The van der Waals surface area contributed by atoms with Crippen LogP contribution in [0.2, 0.25) is 0 Å². The summed E-state index contributed by atoms with van der Waals surface area (Å²) in [5, 5.41) is 0. The van der Waals surface area contributed by atoms with Gasteiger partial charge in [0.05, 0.1) is 6.04 Å². The van der Waals surface area contributed by atoms with Gasteiger partial charge in [-0.2, -0.15) is 0 Å². The molecule has 3 rings (SSSR count). The van der Waals surface area contributed by atoms with Crippen molar-refractivity contribution in [2.75, 3.05) is 6.79 Å². The summed E-state index contributed by atoms with van der Waals surface area (Å²) in [6.07, 6.45) is 0. The van der Waals surface area contributed by atoms with Crippen LogP contribution in [0.25, 0.3) is 11.3 Å². The van der Waals surface area contributed by atoms with Gasteiger partial charge >= 0.3 is 0 Å². The lowest BCUT2D eigenvalue weighted by Crippen LogP contribution is -2.02. The molecule has 1 aliphatic rings. The molecule has 4 nitrogen and oxygen atoms in total. The van der Waals surface area contributed by atoms with E-state index in [9.17, 15) is 0 Å². The van der Waals surface area contributed by atoms with Crippen LogP contribution in [-0.4, -0.2) is 6.79 Å². The summed E-state index contributed by atoms with van der Waals surface area (Å²) in [7, 11) is 0. The Kier molecular flexibility index (Phi) is 2.30. The lowest BCUT2D eigenvalue weighted by atomic mass is 10.1. The number of hydrogen-bond acceptors (Lipinski definition) is 4. The zero-order chi connectivity index (χ0) is 11.8. The van der Waals surface area contributed by atoms with Gasteiger partial charge in [-0.25, -0.2) is 0 Å². The molecule has 0 fully saturated rings. The second-order valence-electron chi connectivity index (χ2n) is 4.06. The van der Waals surface area contributed by atoms with E-state index in [4.69, 9.17) is 19.6 Å². The topological polar surface area (TPSA) is 57.6 Å². The van der Waals surface area contributed by atoms with Gasteiger partial charge in [-0.15, -0.1) is 0 Å². The minimum atomic E-state index is -0.0993. The molecule has 0 saturated carbocycles. The average Bonchev–Trinajstić information content (AvgIpc) is 2.97. The highest BCUT2D eigenvalue weighted by molar-refractivity contribution is 5.63. The molecule has 1 aromatic carbocycles. The molecule has 88 valence electrons. The first-order chi connectivity index (χ1) is 8.24. The fraction of sp³-hybridized carbons (Fsp3) is 0.231. The quantitative estimate of drug-likeness (QED) is 0.863.